The van der Waals surface area contributed by atoms with Gasteiger partial charge in [-0.05, 0) is 54.4 Å². The molecule has 1 aliphatic heterocycles. The van der Waals surface area contributed by atoms with Crippen LogP contribution in [-0.2, 0) is 0 Å². The van der Waals surface area contributed by atoms with E-state index in [4.69, 9.17) is 4.74 Å². The molecule has 4 aliphatic rings. The van der Waals surface area contributed by atoms with E-state index in [9.17, 15) is 4.79 Å². The fourth-order valence-electron chi connectivity index (χ4n) is 5.24. The highest BCUT2D eigenvalue weighted by molar-refractivity contribution is 5.94. The van der Waals surface area contributed by atoms with Crippen LogP contribution in [0.15, 0.2) is 35.9 Å². The van der Waals surface area contributed by atoms with Crippen molar-refractivity contribution in [3.05, 3.63) is 41.5 Å². The fraction of sp³-hybridized carbons (Fsp3) is 0.625. The summed E-state index contributed by atoms with van der Waals surface area (Å²) in [6.07, 6.45) is 4.88. The first-order valence-corrected chi connectivity index (χ1v) is 11.0. The maximum atomic E-state index is 13.4. The van der Waals surface area contributed by atoms with E-state index in [1.807, 2.05) is 24.3 Å². The highest BCUT2D eigenvalue weighted by Gasteiger charge is 2.51. The first-order valence-electron chi connectivity index (χ1n) is 11.0. The Morgan fingerprint density at radius 2 is 1.97 bits per heavy atom. The van der Waals surface area contributed by atoms with Gasteiger partial charge in [-0.15, -0.1) is 0 Å². The number of fused-ring (bicyclic) bond motifs is 1. The molecule has 1 aromatic rings. The Balaban J connectivity index is 1.48. The standard InChI is InChI=1S/C24H35N3O2/c1-24(2)20-7-4-19(22(24)16-20)17-27(15-14-26-12-10-25-11-13-26)23(28)18-5-8-21(29-3)9-6-18/h4-6,8-9,20,22,25H,7,10-17H2,1-3H3/t20-,22-/m1/s1. The van der Waals surface area contributed by atoms with Gasteiger partial charge in [0.25, 0.3) is 5.91 Å². The summed E-state index contributed by atoms with van der Waals surface area (Å²) in [4.78, 5) is 17.9. The summed E-state index contributed by atoms with van der Waals surface area (Å²) in [7, 11) is 1.65. The molecule has 3 aliphatic carbocycles. The summed E-state index contributed by atoms with van der Waals surface area (Å²) >= 11 is 0. The van der Waals surface area contributed by atoms with Crippen molar-refractivity contribution in [3.63, 3.8) is 0 Å². The first-order chi connectivity index (χ1) is 14.0. The lowest BCUT2D eigenvalue weighted by Gasteiger charge is -2.57. The highest BCUT2D eigenvalue weighted by atomic mass is 16.5. The molecule has 158 valence electrons. The Bertz CT molecular complexity index is 750. The molecule has 5 rings (SSSR count). The number of ether oxygens (including phenoxy) is 1. The minimum atomic E-state index is 0.128. The van der Waals surface area contributed by atoms with Crippen LogP contribution in [0.1, 0.15) is 37.0 Å². The van der Waals surface area contributed by atoms with Crippen LogP contribution in [0.2, 0.25) is 0 Å². The van der Waals surface area contributed by atoms with Gasteiger partial charge in [-0.1, -0.05) is 25.5 Å². The van der Waals surface area contributed by atoms with Crippen LogP contribution in [0.3, 0.4) is 0 Å². The van der Waals surface area contributed by atoms with Gasteiger partial charge in [0.2, 0.25) is 0 Å². The number of carbonyl (C=O) groups excluding carboxylic acids is 1. The predicted molar refractivity (Wildman–Crippen MR) is 116 cm³/mol. The summed E-state index contributed by atoms with van der Waals surface area (Å²) < 4.78 is 5.25. The van der Waals surface area contributed by atoms with Crippen molar-refractivity contribution in [1.29, 1.82) is 0 Å². The molecule has 0 unspecified atom stereocenters. The second-order valence-electron chi connectivity index (χ2n) is 9.37. The lowest BCUT2D eigenvalue weighted by atomic mass is 9.49. The van der Waals surface area contributed by atoms with Gasteiger partial charge in [-0.3, -0.25) is 9.69 Å². The highest BCUT2D eigenvalue weighted by Crippen LogP contribution is 2.59. The van der Waals surface area contributed by atoms with Crippen LogP contribution in [-0.4, -0.2) is 68.6 Å². The van der Waals surface area contributed by atoms with E-state index in [2.05, 4.69) is 35.0 Å². The van der Waals surface area contributed by atoms with Crippen molar-refractivity contribution in [1.82, 2.24) is 15.1 Å². The Morgan fingerprint density at radius 3 is 2.59 bits per heavy atom. The summed E-state index contributed by atoms with van der Waals surface area (Å²) in [5.41, 5.74) is 2.60. The van der Waals surface area contributed by atoms with Crippen LogP contribution in [0.4, 0.5) is 0 Å². The topological polar surface area (TPSA) is 44.8 Å². The summed E-state index contributed by atoms with van der Waals surface area (Å²) in [6.45, 7) is 11.5. The normalized spacial score (nSPS) is 25.7. The molecule has 29 heavy (non-hydrogen) atoms. The van der Waals surface area contributed by atoms with Gasteiger partial charge in [0.15, 0.2) is 0 Å². The van der Waals surface area contributed by atoms with Gasteiger partial charge in [0.05, 0.1) is 7.11 Å². The number of benzene rings is 1. The van der Waals surface area contributed by atoms with Crippen LogP contribution in [0, 0.1) is 17.3 Å². The third kappa shape index (κ3) is 4.22. The van der Waals surface area contributed by atoms with Crippen molar-refractivity contribution < 1.29 is 9.53 Å². The van der Waals surface area contributed by atoms with Crippen LogP contribution < -0.4 is 10.1 Å². The molecule has 1 aromatic carbocycles. The Hall–Kier alpha value is -1.85. The molecular formula is C24H35N3O2. The van der Waals surface area contributed by atoms with Gasteiger partial charge in [-0.25, -0.2) is 0 Å². The Kier molecular flexibility index (Phi) is 5.98. The largest absolute Gasteiger partial charge is 0.497 e. The third-order valence-corrected chi connectivity index (χ3v) is 7.48. The number of hydrogen-bond donors (Lipinski definition) is 1. The number of hydrogen-bond acceptors (Lipinski definition) is 4. The van der Waals surface area contributed by atoms with Gasteiger partial charge in [-0.2, -0.15) is 0 Å². The van der Waals surface area contributed by atoms with Crippen molar-refractivity contribution in [2.24, 2.45) is 17.3 Å². The molecule has 2 fully saturated rings. The summed E-state index contributed by atoms with van der Waals surface area (Å²) in [5.74, 6) is 2.36. The monoisotopic (exact) mass is 397 g/mol. The first kappa shape index (κ1) is 20.4. The Morgan fingerprint density at radius 1 is 1.24 bits per heavy atom. The number of carbonyl (C=O) groups is 1. The second-order valence-corrected chi connectivity index (χ2v) is 9.37. The van der Waals surface area contributed by atoms with E-state index in [0.29, 0.717) is 11.3 Å². The molecular weight excluding hydrogens is 362 g/mol. The number of piperazine rings is 1. The smallest absolute Gasteiger partial charge is 0.254 e. The quantitative estimate of drug-likeness (QED) is 0.719. The molecule has 5 nitrogen and oxygen atoms in total. The number of methoxy groups -OCH3 is 1. The molecule has 2 bridgehead atoms. The number of allylic oxidation sites excluding steroid dienone is 1. The summed E-state index contributed by atoms with van der Waals surface area (Å²) in [6, 6.07) is 7.53. The predicted octanol–water partition coefficient (Wildman–Crippen LogP) is 3.04. The molecule has 0 radical (unpaired) electrons. The van der Waals surface area contributed by atoms with Gasteiger partial charge in [0, 0.05) is 51.4 Å². The molecule has 2 atom stereocenters. The zero-order valence-corrected chi connectivity index (χ0v) is 18.1. The fourth-order valence-corrected chi connectivity index (χ4v) is 5.24. The maximum Gasteiger partial charge on any atom is 0.254 e. The lowest BCUT2D eigenvalue weighted by Crippen LogP contribution is -2.51. The van der Waals surface area contributed by atoms with E-state index in [-0.39, 0.29) is 5.91 Å². The number of amides is 1. The minimum absolute atomic E-state index is 0.128. The van der Waals surface area contributed by atoms with E-state index in [1.165, 1.54) is 18.4 Å². The molecule has 1 N–H and O–H groups in total. The average Bonchev–Trinajstić information content (AvgIpc) is 2.76. The molecule has 0 spiro atoms. The number of nitrogens with one attached hydrogen (secondary N) is 1. The average molecular weight is 398 g/mol. The zero-order chi connectivity index (χ0) is 20.4. The van der Waals surface area contributed by atoms with E-state index in [1.54, 1.807) is 7.11 Å². The van der Waals surface area contributed by atoms with Crippen LogP contribution in [0.5, 0.6) is 5.75 Å². The number of nitrogens with zero attached hydrogens (tertiary/aromatic N) is 2. The van der Waals surface area contributed by atoms with E-state index >= 15 is 0 Å². The second kappa shape index (κ2) is 8.49. The van der Waals surface area contributed by atoms with Gasteiger partial charge < -0.3 is 15.0 Å². The Labute approximate surface area is 175 Å². The van der Waals surface area contributed by atoms with Crippen molar-refractivity contribution >= 4 is 5.91 Å². The van der Waals surface area contributed by atoms with E-state index in [0.717, 1.165) is 63.0 Å². The van der Waals surface area contributed by atoms with E-state index < -0.39 is 0 Å². The molecule has 0 aromatic heterocycles. The number of rotatable bonds is 7. The zero-order valence-electron chi connectivity index (χ0n) is 18.1. The van der Waals surface area contributed by atoms with Crippen molar-refractivity contribution in [2.75, 3.05) is 52.9 Å². The molecule has 1 saturated heterocycles. The van der Waals surface area contributed by atoms with Crippen LogP contribution in [0.25, 0.3) is 0 Å². The SMILES string of the molecule is COc1ccc(C(=O)N(CCN2CCNCC2)CC2=CC[C@@H]3C[C@H]2C3(C)C)cc1. The molecule has 1 amide bonds. The lowest BCUT2D eigenvalue weighted by molar-refractivity contribution is -0.0105. The third-order valence-electron chi connectivity index (χ3n) is 7.48. The van der Waals surface area contributed by atoms with Gasteiger partial charge in [0.1, 0.15) is 5.75 Å². The molecule has 5 heteroatoms. The maximum absolute atomic E-state index is 13.4. The summed E-state index contributed by atoms with van der Waals surface area (Å²) in [5, 5.41) is 3.40. The van der Waals surface area contributed by atoms with Crippen LogP contribution >= 0.6 is 0 Å². The molecule has 1 saturated carbocycles. The van der Waals surface area contributed by atoms with Gasteiger partial charge >= 0.3 is 0 Å². The molecule has 1 heterocycles. The van der Waals surface area contributed by atoms with Crippen molar-refractivity contribution in [2.45, 2.75) is 26.7 Å². The minimum Gasteiger partial charge on any atom is -0.497 e. The van der Waals surface area contributed by atoms with Crippen molar-refractivity contribution in [3.8, 4) is 5.75 Å².